The van der Waals surface area contributed by atoms with Gasteiger partial charge < -0.3 is 15.0 Å². The lowest BCUT2D eigenvalue weighted by atomic mass is 9.89. The fourth-order valence-electron chi connectivity index (χ4n) is 2.93. The Morgan fingerprint density at radius 2 is 2.22 bits per heavy atom. The summed E-state index contributed by atoms with van der Waals surface area (Å²) in [5, 5.41) is 3.16. The Morgan fingerprint density at radius 3 is 2.91 bits per heavy atom. The molecule has 0 aliphatic carbocycles. The standard InChI is InChI=1S/C17H20N2O2S2/c1-10-14(23-16(22)18-10)8-15(20)19-12-9-17(2,3)21-13-7-5-4-6-11(12)13/h4-7,12H,8-9H2,1-3H3,(H,18,22)(H,19,20)/t12-/m0/s1. The second-order valence-corrected chi connectivity index (χ2v) is 8.24. The van der Waals surface area contributed by atoms with Gasteiger partial charge in [0, 0.05) is 22.6 Å². The lowest BCUT2D eigenvalue weighted by Gasteiger charge is -2.37. The Balaban J connectivity index is 1.78. The molecule has 0 saturated carbocycles. The van der Waals surface area contributed by atoms with E-state index < -0.39 is 0 Å². The van der Waals surface area contributed by atoms with Crippen molar-refractivity contribution in [3.63, 3.8) is 0 Å². The van der Waals surface area contributed by atoms with Crippen molar-refractivity contribution in [1.29, 1.82) is 0 Å². The van der Waals surface area contributed by atoms with Gasteiger partial charge in [-0.1, -0.05) is 18.2 Å². The molecule has 0 unspecified atom stereocenters. The van der Waals surface area contributed by atoms with Gasteiger partial charge in [0.15, 0.2) is 3.95 Å². The molecule has 0 saturated heterocycles. The van der Waals surface area contributed by atoms with Gasteiger partial charge in [0.2, 0.25) is 5.91 Å². The molecule has 3 rings (SSSR count). The van der Waals surface area contributed by atoms with Crippen LogP contribution in [0.5, 0.6) is 5.75 Å². The third kappa shape index (κ3) is 3.64. The Kier molecular flexibility index (Phi) is 4.29. The number of thiazole rings is 1. The molecule has 1 atom stereocenters. The monoisotopic (exact) mass is 348 g/mol. The molecule has 4 nitrogen and oxygen atoms in total. The number of aromatic nitrogens is 1. The number of carbonyl (C=O) groups excluding carboxylic acids is 1. The number of aromatic amines is 1. The van der Waals surface area contributed by atoms with Crippen molar-refractivity contribution in [2.45, 2.75) is 45.3 Å². The number of carbonyl (C=O) groups is 1. The maximum Gasteiger partial charge on any atom is 0.225 e. The normalized spacial score (nSPS) is 18.8. The van der Waals surface area contributed by atoms with Crippen LogP contribution in [0.2, 0.25) is 0 Å². The third-order valence-corrected chi connectivity index (χ3v) is 5.29. The summed E-state index contributed by atoms with van der Waals surface area (Å²) in [7, 11) is 0. The van der Waals surface area contributed by atoms with Crippen LogP contribution in [-0.4, -0.2) is 16.5 Å². The second-order valence-electron chi connectivity index (χ2n) is 6.46. The SMILES string of the molecule is Cc1[nH]c(=S)sc1CC(=O)N[C@H]1CC(C)(C)Oc2ccccc21. The van der Waals surface area contributed by atoms with Crippen molar-refractivity contribution in [2.24, 2.45) is 0 Å². The second kappa shape index (κ2) is 6.09. The average molecular weight is 348 g/mol. The van der Waals surface area contributed by atoms with Crippen molar-refractivity contribution in [2.75, 3.05) is 0 Å². The lowest BCUT2D eigenvalue weighted by molar-refractivity contribution is -0.121. The van der Waals surface area contributed by atoms with Gasteiger partial charge in [-0.15, -0.1) is 11.3 Å². The summed E-state index contributed by atoms with van der Waals surface area (Å²) >= 11 is 6.60. The van der Waals surface area contributed by atoms with Gasteiger partial charge >= 0.3 is 0 Å². The van der Waals surface area contributed by atoms with Gasteiger partial charge in [-0.2, -0.15) is 0 Å². The summed E-state index contributed by atoms with van der Waals surface area (Å²) in [6, 6.07) is 7.86. The molecule has 1 aliphatic rings. The minimum atomic E-state index is -0.299. The fraction of sp³-hybridized carbons (Fsp3) is 0.412. The number of H-pyrrole nitrogens is 1. The van der Waals surface area contributed by atoms with E-state index in [1.54, 1.807) is 0 Å². The number of hydrogen-bond acceptors (Lipinski definition) is 4. The molecule has 1 aromatic heterocycles. The number of ether oxygens (including phenoxy) is 1. The first-order valence-electron chi connectivity index (χ1n) is 7.60. The first-order chi connectivity index (χ1) is 10.8. The predicted molar refractivity (Wildman–Crippen MR) is 94.6 cm³/mol. The number of aryl methyl sites for hydroxylation is 1. The first kappa shape index (κ1) is 16.2. The zero-order valence-corrected chi connectivity index (χ0v) is 15.1. The highest BCUT2D eigenvalue weighted by atomic mass is 32.1. The van der Waals surface area contributed by atoms with E-state index in [9.17, 15) is 4.79 Å². The maximum atomic E-state index is 12.5. The predicted octanol–water partition coefficient (Wildman–Crippen LogP) is 4.08. The lowest BCUT2D eigenvalue weighted by Crippen LogP contribution is -2.41. The molecule has 0 fully saturated rings. The van der Waals surface area contributed by atoms with Gasteiger partial charge in [-0.25, -0.2) is 0 Å². The van der Waals surface area contributed by atoms with E-state index in [1.807, 2.05) is 45.0 Å². The van der Waals surface area contributed by atoms with E-state index in [1.165, 1.54) is 11.3 Å². The quantitative estimate of drug-likeness (QED) is 0.822. The molecule has 2 N–H and O–H groups in total. The van der Waals surface area contributed by atoms with Crippen molar-refractivity contribution in [3.05, 3.63) is 44.4 Å². The minimum absolute atomic E-state index is 0.0100. The van der Waals surface area contributed by atoms with Crippen LogP contribution in [0.1, 0.15) is 42.4 Å². The van der Waals surface area contributed by atoms with Crippen molar-refractivity contribution < 1.29 is 9.53 Å². The van der Waals surface area contributed by atoms with Crippen LogP contribution in [0, 0.1) is 10.9 Å². The third-order valence-electron chi connectivity index (χ3n) is 3.96. The molecule has 1 amide bonds. The maximum absolute atomic E-state index is 12.5. The van der Waals surface area contributed by atoms with Gasteiger partial charge in [0.05, 0.1) is 12.5 Å². The molecule has 23 heavy (non-hydrogen) atoms. The minimum Gasteiger partial charge on any atom is -0.487 e. The van der Waals surface area contributed by atoms with E-state index in [0.717, 1.165) is 28.3 Å². The van der Waals surface area contributed by atoms with E-state index in [-0.39, 0.29) is 17.6 Å². The number of para-hydroxylation sites is 1. The van der Waals surface area contributed by atoms with Crippen LogP contribution >= 0.6 is 23.6 Å². The van der Waals surface area contributed by atoms with Crippen LogP contribution in [0.3, 0.4) is 0 Å². The van der Waals surface area contributed by atoms with E-state index in [4.69, 9.17) is 17.0 Å². The number of amides is 1. The highest BCUT2D eigenvalue weighted by Gasteiger charge is 2.34. The molecule has 2 heterocycles. The van der Waals surface area contributed by atoms with Gasteiger partial charge in [0.25, 0.3) is 0 Å². The molecule has 0 radical (unpaired) electrons. The van der Waals surface area contributed by atoms with Gasteiger partial charge in [-0.3, -0.25) is 4.79 Å². The largest absolute Gasteiger partial charge is 0.487 e. The Labute approximate surface area is 144 Å². The van der Waals surface area contributed by atoms with Crippen molar-refractivity contribution >= 4 is 29.5 Å². The summed E-state index contributed by atoms with van der Waals surface area (Å²) in [5.74, 6) is 0.860. The molecule has 0 bridgehead atoms. The highest BCUT2D eigenvalue weighted by molar-refractivity contribution is 7.73. The number of hydrogen-bond donors (Lipinski definition) is 2. The summed E-state index contributed by atoms with van der Waals surface area (Å²) < 4.78 is 6.71. The molecule has 6 heteroatoms. The molecule has 1 aliphatic heterocycles. The summed E-state index contributed by atoms with van der Waals surface area (Å²) in [6.07, 6.45) is 1.10. The van der Waals surface area contributed by atoms with Gasteiger partial charge in [-0.05, 0) is 39.1 Å². The molecule has 1 aromatic carbocycles. The molecule has 2 aromatic rings. The Morgan fingerprint density at radius 1 is 1.48 bits per heavy atom. The van der Waals surface area contributed by atoms with Crippen LogP contribution in [0.25, 0.3) is 0 Å². The van der Waals surface area contributed by atoms with Crippen LogP contribution in [0.15, 0.2) is 24.3 Å². The summed E-state index contributed by atoms with van der Waals surface area (Å²) in [4.78, 5) is 16.5. The fourth-order valence-corrected chi connectivity index (χ4v) is 4.22. The molecule has 0 spiro atoms. The van der Waals surface area contributed by atoms with Crippen LogP contribution in [0.4, 0.5) is 0 Å². The molecular weight excluding hydrogens is 328 g/mol. The van der Waals surface area contributed by atoms with Crippen molar-refractivity contribution in [3.8, 4) is 5.75 Å². The number of nitrogens with one attached hydrogen (secondary N) is 2. The van der Waals surface area contributed by atoms with E-state index >= 15 is 0 Å². The topological polar surface area (TPSA) is 54.1 Å². The Hall–Kier alpha value is -1.66. The smallest absolute Gasteiger partial charge is 0.225 e. The summed E-state index contributed by atoms with van der Waals surface area (Å²) in [6.45, 7) is 6.04. The van der Waals surface area contributed by atoms with E-state index in [0.29, 0.717) is 10.4 Å². The summed E-state index contributed by atoms with van der Waals surface area (Å²) in [5.41, 5.74) is 1.72. The first-order valence-corrected chi connectivity index (χ1v) is 8.82. The molecular formula is C17H20N2O2S2. The van der Waals surface area contributed by atoms with E-state index in [2.05, 4.69) is 10.3 Å². The average Bonchev–Trinajstić information content (AvgIpc) is 2.75. The molecule has 122 valence electrons. The number of rotatable bonds is 3. The van der Waals surface area contributed by atoms with Gasteiger partial charge in [0.1, 0.15) is 11.4 Å². The number of benzene rings is 1. The van der Waals surface area contributed by atoms with Crippen LogP contribution in [-0.2, 0) is 11.2 Å². The highest BCUT2D eigenvalue weighted by Crippen LogP contribution is 2.39. The number of fused-ring (bicyclic) bond motifs is 1. The zero-order valence-electron chi connectivity index (χ0n) is 13.4. The van der Waals surface area contributed by atoms with Crippen LogP contribution < -0.4 is 10.1 Å². The van der Waals surface area contributed by atoms with Crippen molar-refractivity contribution in [1.82, 2.24) is 10.3 Å². The Bertz CT molecular complexity index is 792. The zero-order chi connectivity index (χ0) is 16.6.